The monoisotopic (exact) mass is 229 g/mol. The van der Waals surface area contributed by atoms with Crippen LogP contribution >= 0.6 is 11.6 Å². The highest BCUT2D eigenvalue weighted by molar-refractivity contribution is 6.20. The zero-order valence-electron chi connectivity index (χ0n) is 8.96. The molecule has 1 amide bonds. The van der Waals surface area contributed by atoms with Gasteiger partial charge in [-0.3, -0.25) is 9.89 Å². The molecule has 0 bridgehead atoms. The molecule has 0 aliphatic carbocycles. The van der Waals surface area contributed by atoms with E-state index < -0.39 is 0 Å². The van der Waals surface area contributed by atoms with Gasteiger partial charge in [-0.25, -0.2) is 0 Å². The summed E-state index contributed by atoms with van der Waals surface area (Å²) < 4.78 is 0. The fourth-order valence-electron chi connectivity index (χ4n) is 1.28. The molecule has 1 heterocycles. The minimum absolute atomic E-state index is 0.0168. The van der Waals surface area contributed by atoms with Gasteiger partial charge in [0.15, 0.2) is 0 Å². The van der Waals surface area contributed by atoms with Crippen molar-refractivity contribution in [2.45, 2.75) is 25.6 Å². The van der Waals surface area contributed by atoms with Gasteiger partial charge in [-0.05, 0) is 18.4 Å². The molecule has 0 radical (unpaired) electrons. The lowest BCUT2D eigenvalue weighted by atomic mass is 10.1. The molecule has 1 aromatic heterocycles. The van der Waals surface area contributed by atoms with Crippen LogP contribution < -0.4 is 5.32 Å². The maximum absolute atomic E-state index is 11.5. The van der Waals surface area contributed by atoms with E-state index in [2.05, 4.69) is 29.4 Å². The first-order valence-corrected chi connectivity index (χ1v) is 5.45. The zero-order chi connectivity index (χ0) is 11.3. The highest BCUT2D eigenvalue weighted by Gasteiger charge is 2.11. The van der Waals surface area contributed by atoms with Gasteiger partial charge in [0.25, 0.3) is 5.91 Å². The number of aromatic nitrogens is 2. The second kappa shape index (κ2) is 5.75. The number of carbonyl (C=O) groups excluding carboxylic acids is 1. The highest BCUT2D eigenvalue weighted by Crippen LogP contribution is 2.09. The third-order valence-electron chi connectivity index (χ3n) is 1.96. The number of nitrogens with one attached hydrogen (secondary N) is 2. The third-order valence-corrected chi connectivity index (χ3v) is 2.29. The quantitative estimate of drug-likeness (QED) is 0.757. The van der Waals surface area contributed by atoms with Gasteiger partial charge in [-0.15, -0.1) is 11.6 Å². The summed E-state index contributed by atoms with van der Waals surface area (Å²) >= 11 is 6.04. The van der Waals surface area contributed by atoms with Crippen LogP contribution in [0.2, 0.25) is 0 Å². The number of amides is 1. The van der Waals surface area contributed by atoms with Gasteiger partial charge in [0, 0.05) is 12.7 Å². The van der Waals surface area contributed by atoms with Crippen LogP contribution in [0.5, 0.6) is 0 Å². The number of aromatic amines is 1. The van der Waals surface area contributed by atoms with Crippen molar-refractivity contribution in [2.75, 3.05) is 6.54 Å². The average molecular weight is 230 g/mol. The molecule has 15 heavy (non-hydrogen) atoms. The molecule has 0 aliphatic rings. The van der Waals surface area contributed by atoms with Crippen LogP contribution in [0.4, 0.5) is 0 Å². The Kier molecular flexibility index (Phi) is 4.62. The number of carbonyl (C=O) groups is 1. The summed E-state index contributed by atoms with van der Waals surface area (Å²) in [5.74, 6) is 0.374. The second-order valence-electron chi connectivity index (χ2n) is 3.91. The third kappa shape index (κ3) is 4.34. The van der Waals surface area contributed by atoms with Crippen molar-refractivity contribution >= 4 is 17.5 Å². The Morgan fingerprint density at radius 2 is 2.40 bits per heavy atom. The molecule has 2 N–H and O–H groups in total. The average Bonchev–Trinajstić information content (AvgIpc) is 2.65. The Morgan fingerprint density at radius 1 is 1.67 bits per heavy atom. The Labute approximate surface area is 94.4 Å². The lowest BCUT2D eigenvalue weighted by molar-refractivity contribution is 0.0948. The molecule has 0 saturated heterocycles. The molecule has 1 atom stereocenters. The first kappa shape index (κ1) is 12.0. The molecule has 0 fully saturated rings. The summed E-state index contributed by atoms with van der Waals surface area (Å²) in [5, 5.41) is 9.03. The van der Waals surface area contributed by atoms with E-state index >= 15 is 0 Å². The summed E-state index contributed by atoms with van der Waals surface area (Å²) in [4.78, 5) is 11.5. The van der Waals surface area contributed by atoms with Crippen LogP contribution in [-0.2, 0) is 0 Å². The topological polar surface area (TPSA) is 57.8 Å². The predicted molar refractivity (Wildman–Crippen MR) is 60.0 cm³/mol. The number of H-pyrrole nitrogens is 1. The van der Waals surface area contributed by atoms with E-state index in [0.717, 1.165) is 6.42 Å². The van der Waals surface area contributed by atoms with Gasteiger partial charge in [-0.1, -0.05) is 13.8 Å². The first-order chi connectivity index (χ1) is 7.09. The van der Waals surface area contributed by atoms with Gasteiger partial charge < -0.3 is 5.32 Å². The molecule has 0 saturated carbocycles. The summed E-state index contributed by atoms with van der Waals surface area (Å²) in [6.45, 7) is 4.69. The Hall–Kier alpha value is -1.03. The van der Waals surface area contributed by atoms with E-state index in [1.807, 2.05) is 0 Å². The van der Waals surface area contributed by atoms with Gasteiger partial charge >= 0.3 is 0 Å². The van der Waals surface area contributed by atoms with Crippen LogP contribution in [0.1, 0.15) is 30.8 Å². The standard InChI is InChI=1S/C10H16ClN3O/c1-7(2)5-8(11)6-12-10(15)9-3-4-13-14-9/h3-4,7-8H,5-6H2,1-2H3,(H,12,15)(H,13,14). The molecule has 0 aromatic carbocycles. The smallest absolute Gasteiger partial charge is 0.269 e. The Morgan fingerprint density at radius 3 is 2.93 bits per heavy atom. The fraction of sp³-hybridized carbons (Fsp3) is 0.600. The molecular formula is C10H16ClN3O. The molecule has 4 nitrogen and oxygen atoms in total. The summed E-state index contributed by atoms with van der Waals surface area (Å²) in [6.07, 6.45) is 2.44. The Balaban J connectivity index is 2.28. The molecule has 5 heteroatoms. The SMILES string of the molecule is CC(C)CC(Cl)CNC(=O)c1ccn[nH]1. The number of hydrogen-bond donors (Lipinski definition) is 2. The van der Waals surface area contributed by atoms with Crippen LogP contribution in [0.3, 0.4) is 0 Å². The molecule has 0 aliphatic heterocycles. The second-order valence-corrected chi connectivity index (χ2v) is 4.52. The molecule has 84 valence electrons. The zero-order valence-corrected chi connectivity index (χ0v) is 9.71. The first-order valence-electron chi connectivity index (χ1n) is 5.01. The number of alkyl halides is 1. The predicted octanol–water partition coefficient (Wildman–Crippen LogP) is 1.79. The lowest BCUT2D eigenvalue weighted by Crippen LogP contribution is -2.30. The van der Waals surface area contributed by atoms with E-state index in [-0.39, 0.29) is 11.3 Å². The minimum atomic E-state index is -0.165. The van der Waals surface area contributed by atoms with Crippen molar-refractivity contribution < 1.29 is 4.79 Å². The van der Waals surface area contributed by atoms with Gasteiger partial charge in [-0.2, -0.15) is 5.10 Å². The van der Waals surface area contributed by atoms with Crippen molar-refractivity contribution in [1.82, 2.24) is 15.5 Å². The van der Waals surface area contributed by atoms with Crippen molar-refractivity contribution in [3.8, 4) is 0 Å². The van der Waals surface area contributed by atoms with Crippen LogP contribution in [0.15, 0.2) is 12.3 Å². The molecule has 1 rings (SSSR count). The molecule has 1 aromatic rings. The van der Waals surface area contributed by atoms with E-state index in [0.29, 0.717) is 18.2 Å². The van der Waals surface area contributed by atoms with Gasteiger partial charge in [0.1, 0.15) is 5.69 Å². The number of nitrogens with zero attached hydrogens (tertiary/aromatic N) is 1. The van der Waals surface area contributed by atoms with E-state index in [1.54, 1.807) is 12.3 Å². The van der Waals surface area contributed by atoms with Crippen LogP contribution in [0, 0.1) is 5.92 Å². The summed E-state index contributed by atoms with van der Waals surface area (Å²) in [7, 11) is 0. The maximum Gasteiger partial charge on any atom is 0.269 e. The number of hydrogen-bond acceptors (Lipinski definition) is 2. The van der Waals surface area contributed by atoms with Crippen molar-refractivity contribution in [3.05, 3.63) is 18.0 Å². The van der Waals surface area contributed by atoms with Crippen LogP contribution in [-0.4, -0.2) is 28.0 Å². The van der Waals surface area contributed by atoms with Gasteiger partial charge in [0.05, 0.1) is 5.38 Å². The summed E-state index contributed by atoms with van der Waals surface area (Å²) in [6, 6.07) is 1.63. The van der Waals surface area contributed by atoms with E-state index in [9.17, 15) is 4.79 Å². The lowest BCUT2D eigenvalue weighted by Gasteiger charge is -2.12. The molecular weight excluding hydrogens is 214 g/mol. The van der Waals surface area contributed by atoms with Gasteiger partial charge in [0.2, 0.25) is 0 Å². The Bertz CT molecular complexity index is 298. The minimum Gasteiger partial charge on any atom is -0.349 e. The fourth-order valence-corrected chi connectivity index (χ4v) is 1.71. The van der Waals surface area contributed by atoms with Crippen molar-refractivity contribution in [1.29, 1.82) is 0 Å². The highest BCUT2D eigenvalue weighted by atomic mass is 35.5. The summed E-state index contributed by atoms with van der Waals surface area (Å²) in [5.41, 5.74) is 0.461. The van der Waals surface area contributed by atoms with E-state index in [4.69, 9.17) is 11.6 Å². The number of halogens is 1. The normalized spacial score (nSPS) is 12.8. The van der Waals surface area contributed by atoms with Crippen LogP contribution in [0.25, 0.3) is 0 Å². The largest absolute Gasteiger partial charge is 0.349 e. The van der Waals surface area contributed by atoms with Crippen molar-refractivity contribution in [3.63, 3.8) is 0 Å². The van der Waals surface area contributed by atoms with Crippen molar-refractivity contribution in [2.24, 2.45) is 5.92 Å². The molecule has 1 unspecified atom stereocenters. The molecule has 0 spiro atoms. The maximum atomic E-state index is 11.5. The number of rotatable bonds is 5. The van der Waals surface area contributed by atoms with E-state index in [1.165, 1.54) is 0 Å².